The summed E-state index contributed by atoms with van der Waals surface area (Å²) in [4.78, 5) is 21.5. The Kier molecular flexibility index (Phi) is 6.35. The fraction of sp³-hybridized carbons (Fsp3) is 0.192. The minimum Gasteiger partial charge on any atom is -0.306 e. The van der Waals surface area contributed by atoms with Crippen molar-refractivity contribution in [1.29, 1.82) is 0 Å². The van der Waals surface area contributed by atoms with E-state index in [-0.39, 0.29) is 17.7 Å². The summed E-state index contributed by atoms with van der Waals surface area (Å²) < 4.78 is 82.6. The topological polar surface area (TPSA) is 90.5 Å². The highest BCUT2D eigenvalue weighted by Crippen LogP contribution is 2.36. The summed E-state index contributed by atoms with van der Waals surface area (Å²) in [5, 5.41) is 11.5. The van der Waals surface area contributed by atoms with Crippen LogP contribution in [0.25, 0.3) is 22.5 Å². The van der Waals surface area contributed by atoms with E-state index in [0.29, 0.717) is 28.9 Å². The summed E-state index contributed by atoms with van der Waals surface area (Å²) in [6.07, 6.45) is -7.45. The summed E-state index contributed by atoms with van der Waals surface area (Å²) in [5.41, 5.74) is -0.472. The second-order valence-corrected chi connectivity index (χ2v) is 9.11. The minimum atomic E-state index is -5.10. The zero-order valence-electron chi connectivity index (χ0n) is 21.1. The number of carbonyl (C=O) groups is 1. The maximum Gasteiger partial charge on any atom is 0.416 e. The largest absolute Gasteiger partial charge is 0.416 e. The van der Waals surface area contributed by atoms with E-state index in [2.05, 4.69) is 25.5 Å². The Hall–Kier alpha value is -4.75. The lowest BCUT2D eigenvalue weighted by Gasteiger charge is -2.14. The number of halogens is 6. The average molecular weight is 559 g/mol. The van der Waals surface area contributed by atoms with E-state index in [1.807, 2.05) is 32.0 Å². The Morgan fingerprint density at radius 1 is 0.850 bits per heavy atom. The number of fused-ring (bicyclic) bond motifs is 1. The number of amides is 1. The highest BCUT2D eigenvalue weighted by molar-refractivity contribution is 6.04. The minimum absolute atomic E-state index is 0.0345. The molecular formula is C26H19F6N7O. The van der Waals surface area contributed by atoms with Crippen LogP contribution in [0, 0.1) is 20.8 Å². The number of carbonyl (C=O) groups excluding carboxylic acids is 1. The van der Waals surface area contributed by atoms with Crippen LogP contribution in [0.15, 0.2) is 55.0 Å². The van der Waals surface area contributed by atoms with E-state index >= 15 is 0 Å². The van der Waals surface area contributed by atoms with Gasteiger partial charge in [0.05, 0.1) is 34.1 Å². The quantitative estimate of drug-likeness (QED) is 0.264. The zero-order chi connectivity index (χ0) is 29.0. The molecule has 0 saturated carbocycles. The van der Waals surface area contributed by atoms with Gasteiger partial charge in [-0.1, -0.05) is 17.7 Å². The maximum absolute atomic E-state index is 13.3. The van der Waals surface area contributed by atoms with Gasteiger partial charge in [-0.25, -0.2) is 14.6 Å². The van der Waals surface area contributed by atoms with Gasteiger partial charge in [-0.15, -0.1) is 0 Å². The van der Waals surface area contributed by atoms with Gasteiger partial charge in [0.25, 0.3) is 5.91 Å². The molecule has 3 heterocycles. The predicted octanol–water partition coefficient (Wildman–Crippen LogP) is 6.22. The molecule has 5 rings (SSSR count). The number of benzene rings is 2. The molecule has 1 amide bonds. The second-order valence-electron chi connectivity index (χ2n) is 9.11. The first-order valence-electron chi connectivity index (χ1n) is 11.7. The van der Waals surface area contributed by atoms with Crippen molar-refractivity contribution in [2.75, 3.05) is 5.32 Å². The van der Waals surface area contributed by atoms with Crippen LogP contribution in [-0.4, -0.2) is 35.4 Å². The highest BCUT2D eigenvalue weighted by atomic mass is 19.4. The van der Waals surface area contributed by atoms with Crippen LogP contribution in [0.3, 0.4) is 0 Å². The lowest BCUT2D eigenvalue weighted by Crippen LogP contribution is -2.19. The molecule has 0 unspecified atom stereocenters. The Bertz CT molecular complexity index is 1740. The molecule has 1 N–H and O–H groups in total. The third kappa shape index (κ3) is 4.99. The Morgan fingerprint density at radius 3 is 2.15 bits per heavy atom. The standard InChI is InChI=1S/C26H19F6N7O/c1-13-4-5-20(14(2)6-13)38-22-19(11-35-38)23(34-12-33-22)39-21(7-15(3)37-39)36-24(40)16-8-17(25(27,28)29)10-18(9-16)26(30,31)32/h4-12H,1-3H3,(H,36,40). The fourth-order valence-electron chi connectivity index (χ4n) is 4.24. The van der Waals surface area contributed by atoms with Crippen LogP contribution in [0.1, 0.15) is 38.3 Å². The van der Waals surface area contributed by atoms with Crippen molar-refractivity contribution in [3.8, 4) is 11.5 Å². The van der Waals surface area contributed by atoms with Crippen LogP contribution >= 0.6 is 0 Å². The molecule has 206 valence electrons. The highest BCUT2D eigenvalue weighted by Gasteiger charge is 2.37. The number of hydrogen-bond acceptors (Lipinski definition) is 5. The first kappa shape index (κ1) is 26.8. The molecule has 0 saturated heterocycles. The maximum atomic E-state index is 13.3. The van der Waals surface area contributed by atoms with Crippen LogP contribution in [0.5, 0.6) is 0 Å². The smallest absolute Gasteiger partial charge is 0.306 e. The van der Waals surface area contributed by atoms with Crippen LogP contribution in [-0.2, 0) is 12.4 Å². The van der Waals surface area contributed by atoms with E-state index in [1.54, 1.807) is 11.6 Å². The number of anilines is 1. The van der Waals surface area contributed by atoms with Gasteiger partial charge < -0.3 is 5.32 Å². The number of nitrogens with one attached hydrogen (secondary N) is 1. The van der Waals surface area contributed by atoms with Gasteiger partial charge in [-0.05, 0) is 50.6 Å². The number of nitrogens with zero attached hydrogens (tertiary/aromatic N) is 6. The van der Waals surface area contributed by atoms with Crippen molar-refractivity contribution in [1.82, 2.24) is 29.5 Å². The molecule has 0 bridgehead atoms. The van der Waals surface area contributed by atoms with Crippen LogP contribution in [0.4, 0.5) is 32.2 Å². The van der Waals surface area contributed by atoms with E-state index in [9.17, 15) is 31.1 Å². The third-order valence-electron chi connectivity index (χ3n) is 6.05. The molecule has 0 radical (unpaired) electrons. The number of alkyl halides is 6. The van der Waals surface area contributed by atoms with E-state index in [0.717, 1.165) is 16.8 Å². The first-order chi connectivity index (χ1) is 18.7. The zero-order valence-corrected chi connectivity index (χ0v) is 21.1. The summed E-state index contributed by atoms with van der Waals surface area (Å²) in [5.74, 6) is -1.05. The number of aryl methyl sites for hydroxylation is 3. The second kappa shape index (κ2) is 9.47. The van der Waals surface area contributed by atoms with Gasteiger partial charge >= 0.3 is 12.4 Å². The van der Waals surface area contributed by atoms with Crippen molar-refractivity contribution in [2.24, 2.45) is 0 Å². The van der Waals surface area contributed by atoms with E-state index in [4.69, 9.17) is 0 Å². The van der Waals surface area contributed by atoms with Crippen molar-refractivity contribution >= 4 is 22.8 Å². The summed E-state index contributed by atoms with van der Waals surface area (Å²) in [6.45, 7) is 5.47. The predicted molar refractivity (Wildman–Crippen MR) is 132 cm³/mol. The van der Waals surface area contributed by atoms with Crippen molar-refractivity contribution in [3.05, 3.63) is 88.5 Å². The molecule has 3 aromatic heterocycles. The number of rotatable bonds is 4. The summed E-state index contributed by atoms with van der Waals surface area (Å²) >= 11 is 0. The molecule has 14 heteroatoms. The molecule has 0 fully saturated rings. The molecule has 0 spiro atoms. The Labute approximate surface area is 222 Å². The molecule has 0 aliphatic heterocycles. The van der Waals surface area contributed by atoms with Crippen LogP contribution in [0.2, 0.25) is 0 Å². The van der Waals surface area contributed by atoms with E-state index in [1.165, 1.54) is 23.3 Å². The lowest BCUT2D eigenvalue weighted by molar-refractivity contribution is -0.143. The third-order valence-corrected chi connectivity index (χ3v) is 6.05. The molecule has 0 aliphatic carbocycles. The summed E-state index contributed by atoms with van der Waals surface area (Å²) in [7, 11) is 0. The normalized spacial score (nSPS) is 12.2. The van der Waals surface area contributed by atoms with Gasteiger partial charge in [0.1, 0.15) is 12.1 Å². The Balaban J connectivity index is 1.56. The molecule has 8 nitrogen and oxygen atoms in total. The van der Waals surface area contributed by atoms with Crippen molar-refractivity contribution in [3.63, 3.8) is 0 Å². The SMILES string of the molecule is Cc1ccc(-n2ncc3c(-n4nc(C)cc4NC(=O)c4cc(C(F)(F)F)cc(C(F)(F)F)c4)ncnc32)c(C)c1. The Morgan fingerprint density at radius 2 is 1.52 bits per heavy atom. The van der Waals surface area contributed by atoms with Crippen molar-refractivity contribution < 1.29 is 31.1 Å². The van der Waals surface area contributed by atoms with Gasteiger partial charge in [0.2, 0.25) is 0 Å². The molecule has 0 atom stereocenters. The average Bonchev–Trinajstić information content (AvgIpc) is 3.46. The van der Waals surface area contributed by atoms with E-state index < -0.39 is 35.0 Å². The van der Waals surface area contributed by atoms with Crippen LogP contribution < -0.4 is 5.32 Å². The number of hydrogen-bond donors (Lipinski definition) is 1. The molecule has 2 aromatic carbocycles. The monoisotopic (exact) mass is 559 g/mol. The lowest BCUT2D eigenvalue weighted by atomic mass is 10.0. The number of aromatic nitrogens is 6. The molecule has 40 heavy (non-hydrogen) atoms. The van der Waals surface area contributed by atoms with Gasteiger partial charge in [0, 0.05) is 11.6 Å². The fourth-order valence-corrected chi connectivity index (χ4v) is 4.24. The molecule has 5 aromatic rings. The molecule has 0 aliphatic rings. The van der Waals surface area contributed by atoms with Gasteiger partial charge in [0.15, 0.2) is 11.5 Å². The summed E-state index contributed by atoms with van der Waals surface area (Å²) in [6, 6.07) is 7.85. The van der Waals surface area contributed by atoms with Gasteiger partial charge in [-0.2, -0.15) is 41.2 Å². The first-order valence-corrected chi connectivity index (χ1v) is 11.7. The van der Waals surface area contributed by atoms with Gasteiger partial charge in [-0.3, -0.25) is 4.79 Å². The van der Waals surface area contributed by atoms with Crippen molar-refractivity contribution in [2.45, 2.75) is 33.1 Å². The molecular weight excluding hydrogens is 540 g/mol.